The molecule has 0 bridgehead atoms. The van der Waals surface area contributed by atoms with E-state index in [4.69, 9.17) is 16.3 Å². The molecule has 1 aliphatic rings. The molecule has 0 unspecified atom stereocenters. The maximum absolute atomic E-state index is 12.6. The van der Waals surface area contributed by atoms with Crippen LogP contribution < -0.4 is 10.1 Å². The number of rotatable bonds is 5. The van der Waals surface area contributed by atoms with E-state index in [9.17, 15) is 9.59 Å². The van der Waals surface area contributed by atoms with Crippen molar-refractivity contribution in [3.05, 3.63) is 59.1 Å². The fourth-order valence-corrected chi connectivity index (χ4v) is 3.07. The van der Waals surface area contributed by atoms with E-state index in [0.717, 1.165) is 32.4 Å². The molecule has 2 aromatic carbocycles. The largest absolute Gasteiger partial charge is 0.483 e. The van der Waals surface area contributed by atoms with Gasteiger partial charge in [-0.2, -0.15) is 0 Å². The zero-order chi connectivity index (χ0) is 18.4. The third-order valence-electron chi connectivity index (χ3n) is 4.28. The lowest BCUT2D eigenvalue weighted by Gasteiger charge is -2.26. The number of para-hydroxylation sites is 1. The first-order valence-corrected chi connectivity index (χ1v) is 9.08. The molecule has 6 heteroatoms. The van der Waals surface area contributed by atoms with Crippen LogP contribution in [0.3, 0.4) is 0 Å². The van der Waals surface area contributed by atoms with Gasteiger partial charge in [-0.05, 0) is 49.6 Å². The maximum atomic E-state index is 12.6. The predicted molar refractivity (Wildman–Crippen MR) is 102 cm³/mol. The number of hydrogen-bond acceptors (Lipinski definition) is 3. The lowest BCUT2D eigenvalue weighted by molar-refractivity contribution is -0.134. The number of halogens is 1. The summed E-state index contributed by atoms with van der Waals surface area (Å²) in [6.45, 7) is 1.45. The van der Waals surface area contributed by atoms with E-state index >= 15 is 0 Å². The van der Waals surface area contributed by atoms with Gasteiger partial charge in [-0.25, -0.2) is 0 Å². The van der Waals surface area contributed by atoms with Gasteiger partial charge in [0.15, 0.2) is 6.61 Å². The van der Waals surface area contributed by atoms with Crippen LogP contribution in [0.5, 0.6) is 5.75 Å². The molecule has 1 fully saturated rings. The van der Waals surface area contributed by atoms with Crippen LogP contribution in [0.15, 0.2) is 48.5 Å². The summed E-state index contributed by atoms with van der Waals surface area (Å²) in [5.74, 6) is -0.0543. The lowest BCUT2D eigenvalue weighted by Crippen LogP contribution is -2.38. The van der Waals surface area contributed by atoms with Crippen molar-refractivity contribution in [1.82, 2.24) is 4.90 Å². The number of hydrogen-bond donors (Lipinski definition) is 1. The van der Waals surface area contributed by atoms with Crippen molar-refractivity contribution in [2.75, 3.05) is 25.0 Å². The molecule has 2 amide bonds. The monoisotopic (exact) mass is 372 g/mol. The Bertz CT molecular complexity index is 774. The van der Waals surface area contributed by atoms with Crippen molar-refractivity contribution in [1.29, 1.82) is 0 Å². The average Bonchev–Trinajstić information content (AvgIpc) is 2.68. The topological polar surface area (TPSA) is 58.6 Å². The van der Waals surface area contributed by atoms with E-state index < -0.39 is 0 Å². The minimum absolute atomic E-state index is 0.0610. The summed E-state index contributed by atoms with van der Waals surface area (Å²) in [4.78, 5) is 26.7. The minimum atomic E-state index is -0.334. The molecule has 0 atom stereocenters. The van der Waals surface area contributed by atoms with Gasteiger partial charge in [0.25, 0.3) is 11.8 Å². The second kappa shape index (κ2) is 8.72. The molecule has 3 rings (SSSR count). The number of piperidine rings is 1. The van der Waals surface area contributed by atoms with Crippen LogP contribution in [0.2, 0.25) is 5.02 Å². The average molecular weight is 373 g/mol. The van der Waals surface area contributed by atoms with Gasteiger partial charge in [0.1, 0.15) is 5.75 Å². The molecule has 0 aromatic heterocycles. The van der Waals surface area contributed by atoms with Crippen LogP contribution in [0.1, 0.15) is 29.6 Å². The Morgan fingerprint density at radius 3 is 2.50 bits per heavy atom. The number of anilines is 1. The summed E-state index contributed by atoms with van der Waals surface area (Å²) in [7, 11) is 0. The van der Waals surface area contributed by atoms with Crippen LogP contribution in [0.25, 0.3) is 0 Å². The Morgan fingerprint density at radius 1 is 1.04 bits per heavy atom. The molecule has 5 nitrogen and oxygen atoms in total. The normalized spacial score (nSPS) is 14.0. The van der Waals surface area contributed by atoms with E-state index in [1.54, 1.807) is 30.3 Å². The molecule has 1 saturated heterocycles. The number of benzene rings is 2. The Kier molecular flexibility index (Phi) is 6.12. The third kappa shape index (κ3) is 4.76. The highest BCUT2D eigenvalue weighted by atomic mass is 35.5. The highest BCUT2D eigenvalue weighted by Crippen LogP contribution is 2.24. The van der Waals surface area contributed by atoms with Crippen molar-refractivity contribution in [2.24, 2.45) is 0 Å². The van der Waals surface area contributed by atoms with Crippen molar-refractivity contribution >= 4 is 29.1 Å². The zero-order valence-corrected chi connectivity index (χ0v) is 15.2. The molecule has 1 N–H and O–H groups in total. The molecule has 2 aromatic rings. The summed E-state index contributed by atoms with van der Waals surface area (Å²) in [6.07, 6.45) is 3.21. The molecule has 26 heavy (non-hydrogen) atoms. The number of nitrogens with zero attached hydrogens (tertiary/aromatic N) is 1. The van der Waals surface area contributed by atoms with Gasteiger partial charge in [0, 0.05) is 23.8 Å². The SMILES string of the molecule is O=C(Nc1ccccc1)c1cc(Cl)ccc1OCC(=O)N1CCCCC1. The van der Waals surface area contributed by atoms with Crippen molar-refractivity contribution in [3.63, 3.8) is 0 Å². The summed E-state index contributed by atoms with van der Waals surface area (Å²) in [6, 6.07) is 13.9. The van der Waals surface area contributed by atoms with Crippen LogP contribution in [0, 0.1) is 0 Å². The standard InChI is InChI=1S/C20H21ClN2O3/c21-15-9-10-18(26-14-19(24)23-11-5-2-6-12-23)17(13-15)20(25)22-16-7-3-1-4-8-16/h1,3-4,7-10,13H,2,5-6,11-12,14H2,(H,22,25). The Morgan fingerprint density at radius 2 is 1.77 bits per heavy atom. The number of carbonyl (C=O) groups excluding carboxylic acids is 2. The molecule has 1 heterocycles. The number of amides is 2. The second-order valence-electron chi connectivity index (χ2n) is 6.19. The van der Waals surface area contributed by atoms with Gasteiger partial charge in [-0.3, -0.25) is 9.59 Å². The zero-order valence-electron chi connectivity index (χ0n) is 14.4. The van der Waals surface area contributed by atoms with E-state index in [-0.39, 0.29) is 18.4 Å². The fraction of sp³-hybridized carbons (Fsp3) is 0.300. The second-order valence-corrected chi connectivity index (χ2v) is 6.63. The first kappa shape index (κ1) is 18.3. The van der Waals surface area contributed by atoms with Crippen LogP contribution in [0.4, 0.5) is 5.69 Å². The smallest absolute Gasteiger partial charge is 0.260 e. The van der Waals surface area contributed by atoms with Crippen LogP contribution >= 0.6 is 11.6 Å². The highest BCUT2D eigenvalue weighted by molar-refractivity contribution is 6.31. The molecule has 0 saturated carbocycles. The van der Waals surface area contributed by atoms with Crippen LogP contribution in [-0.2, 0) is 4.79 Å². The number of nitrogens with one attached hydrogen (secondary N) is 1. The quantitative estimate of drug-likeness (QED) is 0.863. The highest BCUT2D eigenvalue weighted by Gasteiger charge is 2.19. The lowest BCUT2D eigenvalue weighted by atomic mass is 10.1. The molecular weight excluding hydrogens is 352 g/mol. The van der Waals surface area contributed by atoms with E-state index in [1.165, 1.54) is 0 Å². The van der Waals surface area contributed by atoms with Gasteiger partial charge < -0.3 is 15.0 Å². The Balaban J connectivity index is 1.69. The molecule has 0 spiro atoms. The fourth-order valence-electron chi connectivity index (χ4n) is 2.90. The molecule has 136 valence electrons. The van der Waals surface area contributed by atoms with Crippen molar-refractivity contribution in [2.45, 2.75) is 19.3 Å². The van der Waals surface area contributed by atoms with Gasteiger partial charge in [0.2, 0.25) is 0 Å². The van der Waals surface area contributed by atoms with Gasteiger partial charge in [-0.1, -0.05) is 29.8 Å². The molecule has 0 aliphatic carbocycles. The maximum Gasteiger partial charge on any atom is 0.260 e. The number of carbonyl (C=O) groups is 2. The number of ether oxygens (including phenoxy) is 1. The van der Waals surface area contributed by atoms with Gasteiger partial charge in [0.05, 0.1) is 5.56 Å². The first-order chi connectivity index (χ1) is 12.6. The molecule has 0 radical (unpaired) electrons. The first-order valence-electron chi connectivity index (χ1n) is 8.70. The Hall–Kier alpha value is -2.53. The number of likely N-dealkylation sites (tertiary alicyclic amines) is 1. The van der Waals surface area contributed by atoms with Crippen molar-refractivity contribution < 1.29 is 14.3 Å². The van der Waals surface area contributed by atoms with E-state index in [2.05, 4.69) is 5.32 Å². The summed E-state index contributed by atoms with van der Waals surface area (Å²) < 4.78 is 5.66. The van der Waals surface area contributed by atoms with Gasteiger partial charge >= 0.3 is 0 Å². The van der Waals surface area contributed by atoms with Crippen molar-refractivity contribution in [3.8, 4) is 5.75 Å². The van der Waals surface area contributed by atoms with E-state index in [0.29, 0.717) is 22.0 Å². The molecule has 1 aliphatic heterocycles. The Labute approximate surface area is 157 Å². The summed E-state index contributed by atoms with van der Waals surface area (Å²) in [5.41, 5.74) is 0.973. The molecular formula is C20H21ClN2O3. The third-order valence-corrected chi connectivity index (χ3v) is 4.51. The summed E-state index contributed by atoms with van der Waals surface area (Å²) in [5, 5.41) is 3.23. The van der Waals surface area contributed by atoms with Crippen LogP contribution in [-0.4, -0.2) is 36.4 Å². The van der Waals surface area contributed by atoms with E-state index in [1.807, 2.05) is 23.1 Å². The summed E-state index contributed by atoms with van der Waals surface area (Å²) >= 11 is 6.04. The predicted octanol–water partition coefficient (Wildman–Crippen LogP) is 3.98. The van der Waals surface area contributed by atoms with Gasteiger partial charge in [-0.15, -0.1) is 0 Å². The minimum Gasteiger partial charge on any atom is -0.483 e.